The van der Waals surface area contributed by atoms with Crippen LogP contribution in [0.5, 0.6) is 0 Å². The van der Waals surface area contributed by atoms with Crippen LogP contribution in [0.3, 0.4) is 0 Å². The van der Waals surface area contributed by atoms with Crippen molar-refractivity contribution in [3.8, 4) is 11.3 Å². The number of alkyl halides is 3. The number of carbonyl (C=O) groups excluding carboxylic acids is 1. The van der Waals surface area contributed by atoms with Gasteiger partial charge in [0.05, 0.1) is 23.9 Å². The summed E-state index contributed by atoms with van der Waals surface area (Å²) >= 11 is 0. The fraction of sp³-hybridized carbons (Fsp3) is 0.273. The second-order valence-corrected chi connectivity index (χ2v) is 7.51. The average Bonchev–Trinajstić information content (AvgIpc) is 3.27. The first kappa shape index (κ1) is 22.3. The van der Waals surface area contributed by atoms with E-state index in [1.54, 1.807) is 12.3 Å². The van der Waals surface area contributed by atoms with Gasteiger partial charge in [-0.25, -0.2) is 9.97 Å². The number of anilines is 2. The summed E-state index contributed by atoms with van der Waals surface area (Å²) in [6.07, 6.45) is 3.00. The number of halogens is 3. The topological polar surface area (TPSA) is 79.2 Å². The Morgan fingerprint density at radius 3 is 2.58 bits per heavy atom. The van der Waals surface area contributed by atoms with Gasteiger partial charge in [0, 0.05) is 44.1 Å². The van der Waals surface area contributed by atoms with Gasteiger partial charge in [-0.05, 0) is 30.5 Å². The van der Waals surface area contributed by atoms with Crippen molar-refractivity contribution in [3.63, 3.8) is 0 Å². The van der Waals surface area contributed by atoms with Crippen LogP contribution in [0.4, 0.5) is 24.7 Å². The minimum Gasteiger partial charge on any atom is -0.374 e. The van der Waals surface area contributed by atoms with Gasteiger partial charge in [0.25, 0.3) is 0 Å². The Balaban J connectivity index is 1.34. The number of carbonyl (C=O) groups is 1. The monoisotopic (exact) mass is 457 g/mol. The van der Waals surface area contributed by atoms with Gasteiger partial charge < -0.3 is 19.7 Å². The second-order valence-electron chi connectivity index (χ2n) is 7.51. The number of nitrogens with one attached hydrogen (secondary N) is 1. The molecule has 0 saturated carbocycles. The lowest BCUT2D eigenvalue weighted by Crippen LogP contribution is -2.44. The van der Waals surface area contributed by atoms with Crippen LogP contribution < -0.4 is 10.2 Å². The van der Waals surface area contributed by atoms with Gasteiger partial charge in [0.2, 0.25) is 5.91 Å². The van der Waals surface area contributed by atoms with Crippen molar-refractivity contribution >= 4 is 17.4 Å². The van der Waals surface area contributed by atoms with Crippen molar-refractivity contribution in [1.29, 1.82) is 0 Å². The van der Waals surface area contributed by atoms with E-state index in [0.717, 1.165) is 44.1 Å². The lowest BCUT2D eigenvalue weighted by atomic mass is 10.2. The molecule has 1 N–H and O–H groups in total. The first-order valence-corrected chi connectivity index (χ1v) is 10.2. The highest BCUT2D eigenvalue weighted by Gasteiger charge is 2.32. The third kappa shape index (κ3) is 5.48. The molecule has 11 heteroatoms. The third-order valence-corrected chi connectivity index (χ3v) is 5.26. The number of hydrogen-bond donors (Lipinski definition) is 1. The molecule has 4 rings (SSSR count). The molecule has 0 aromatic carbocycles. The van der Waals surface area contributed by atoms with E-state index in [0.29, 0.717) is 11.5 Å². The van der Waals surface area contributed by atoms with E-state index in [9.17, 15) is 18.0 Å². The molecule has 0 aliphatic carbocycles. The van der Waals surface area contributed by atoms with Crippen molar-refractivity contribution in [2.45, 2.75) is 12.7 Å². The molecule has 1 aliphatic heterocycles. The van der Waals surface area contributed by atoms with E-state index in [2.05, 4.69) is 36.6 Å². The number of imidazole rings is 1. The molecule has 1 amide bonds. The van der Waals surface area contributed by atoms with E-state index >= 15 is 0 Å². The molecule has 0 unspecified atom stereocenters. The second kappa shape index (κ2) is 9.31. The number of pyridine rings is 2. The molecular weight excluding hydrogens is 435 g/mol. The van der Waals surface area contributed by atoms with Crippen molar-refractivity contribution in [1.82, 2.24) is 24.4 Å². The highest BCUT2D eigenvalue weighted by atomic mass is 19.4. The predicted octanol–water partition coefficient (Wildman–Crippen LogP) is 3.26. The van der Waals surface area contributed by atoms with Gasteiger partial charge in [-0.2, -0.15) is 13.2 Å². The van der Waals surface area contributed by atoms with Crippen LogP contribution in [0.25, 0.3) is 11.3 Å². The number of nitrogens with zero attached hydrogens (tertiary/aromatic N) is 6. The molecule has 0 spiro atoms. The Morgan fingerprint density at radius 1 is 1.12 bits per heavy atom. The van der Waals surface area contributed by atoms with Crippen LogP contribution in [-0.2, 0) is 17.5 Å². The zero-order valence-corrected chi connectivity index (χ0v) is 17.7. The number of amides is 1. The maximum atomic E-state index is 12.9. The van der Waals surface area contributed by atoms with Gasteiger partial charge in [-0.3, -0.25) is 9.78 Å². The van der Waals surface area contributed by atoms with E-state index in [-0.39, 0.29) is 18.0 Å². The first-order valence-electron chi connectivity index (χ1n) is 10.2. The Labute approximate surface area is 188 Å². The lowest BCUT2D eigenvalue weighted by Gasteiger charge is -2.35. The minimum atomic E-state index is -4.54. The van der Waals surface area contributed by atoms with Crippen LogP contribution in [0.1, 0.15) is 5.69 Å². The summed E-state index contributed by atoms with van der Waals surface area (Å²) in [6.45, 7) is 7.25. The summed E-state index contributed by atoms with van der Waals surface area (Å²) in [4.78, 5) is 28.5. The normalized spacial score (nSPS) is 14.3. The Hall–Kier alpha value is -3.89. The zero-order valence-electron chi connectivity index (χ0n) is 17.7. The van der Waals surface area contributed by atoms with E-state index in [4.69, 9.17) is 0 Å². The SMILES string of the molecule is C=CN1CCN(c2ccc(NC(=O)Cn3cnc(-c4ccnc(C(F)(F)F)c4)c3)nc2)CC1. The molecular formula is C22H22F3N7O. The van der Waals surface area contributed by atoms with Crippen LogP contribution in [0.15, 0.2) is 62.0 Å². The summed E-state index contributed by atoms with van der Waals surface area (Å²) in [5.74, 6) is 0.0854. The number of aromatic nitrogens is 4. The summed E-state index contributed by atoms with van der Waals surface area (Å²) in [5, 5.41) is 2.72. The van der Waals surface area contributed by atoms with E-state index in [1.807, 2.05) is 12.3 Å². The lowest BCUT2D eigenvalue weighted by molar-refractivity contribution is -0.141. The smallest absolute Gasteiger partial charge is 0.374 e. The minimum absolute atomic E-state index is 0.0584. The molecule has 3 aromatic rings. The molecule has 4 heterocycles. The highest BCUT2D eigenvalue weighted by molar-refractivity contribution is 5.89. The molecule has 8 nitrogen and oxygen atoms in total. The molecule has 1 saturated heterocycles. The predicted molar refractivity (Wildman–Crippen MR) is 117 cm³/mol. The molecule has 172 valence electrons. The summed E-state index contributed by atoms with van der Waals surface area (Å²) in [6, 6.07) is 6.01. The standard InChI is InChI=1S/C22H22F3N7O/c1-2-30-7-9-32(10-8-30)17-3-4-20(27-12-17)29-21(33)14-31-13-18(28-15-31)16-5-6-26-19(11-16)22(23,24)25/h2-6,11-13,15H,1,7-10,14H2,(H,27,29,33). The fourth-order valence-electron chi connectivity index (χ4n) is 3.50. The quantitative estimate of drug-likeness (QED) is 0.612. The number of hydrogen-bond acceptors (Lipinski definition) is 6. The maximum absolute atomic E-state index is 12.9. The highest BCUT2D eigenvalue weighted by Crippen LogP contribution is 2.30. The van der Waals surface area contributed by atoms with Crippen LogP contribution in [0, 0.1) is 0 Å². The van der Waals surface area contributed by atoms with Gasteiger partial charge in [0.15, 0.2) is 0 Å². The molecule has 1 aliphatic rings. The molecule has 3 aromatic heterocycles. The van der Waals surface area contributed by atoms with Gasteiger partial charge in [0.1, 0.15) is 18.1 Å². The van der Waals surface area contributed by atoms with Crippen LogP contribution in [-0.4, -0.2) is 56.5 Å². The summed E-state index contributed by atoms with van der Waals surface area (Å²) in [5.41, 5.74) is 0.563. The van der Waals surface area contributed by atoms with Gasteiger partial charge in [-0.1, -0.05) is 6.58 Å². The van der Waals surface area contributed by atoms with E-state index in [1.165, 1.54) is 23.2 Å². The maximum Gasteiger partial charge on any atom is 0.433 e. The molecule has 0 atom stereocenters. The number of rotatable bonds is 6. The first-order chi connectivity index (χ1) is 15.8. The fourth-order valence-corrected chi connectivity index (χ4v) is 3.50. The van der Waals surface area contributed by atoms with Crippen LogP contribution in [0.2, 0.25) is 0 Å². The Bertz CT molecular complexity index is 1120. The van der Waals surface area contributed by atoms with Crippen molar-refractivity contribution < 1.29 is 18.0 Å². The third-order valence-electron chi connectivity index (χ3n) is 5.26. The average molecular weight is 457 g/mol. The summed E-state index contributed by atoms with van der Waals surface area (Å²) < 4.78 is 40.1. The van der Waals surface area contributed by atoms with Crippen LogP contribution >= 0.6 is 0 Å². The summed E-state index contributed by atoms with van der Waals surface area (Å²) in [7, 11) is 0. The molecule has 0 radical (unpaired) electrons. The van der Waals surface area contributed by atoms with Gasteiger partial charge >= 0.3 is 6.18 Å². The Kier molecular flexibility index (Phi) is 6.29. The molecule has 33 heavy (non-hydrogen) atoms. The number of piperazine rings is 1. The largest absolute Gasteiger partial charge is 0.433 e. The van der Waals surface area contributed by atoms with Crippen molar-refractivity contribution in [2.24, 2.45) is 0 Å². The molecule has 0 bridgehead atoms. The van der Waals surface area contributed by atoms with Gasteiger partial charge in [-0.15, -0.1) is 0 Å². The van der Waals surface area contributed by atoms with E-state index < -0.39 is 11.9 Å². The molecule has 1 fully saturated rings. The zero-order chi connectivity index (χ0) is 23.4. The van der Waals surface area contributed by atoms with Crippen molar-refractivity contribution in [3.05, 3.63) is 67.7 Å². The Morgan fingerprint density at radius 2 is 1.91 bits per heavy atom. The van der Waals surface area contributed by atoms with Crippen molar-refractivity contribution in [2.75, 3.05) is 36.4 Å².